The Labute approximate surface area is 126 Å². The second-order valence-corrected chi connectivity index (χ2v) is 4.48. The lowest BCUT2D eigenvalue weighted by molar-refractivity contribution is 0.492. The van der Waals surface area contributed by atoms with Crippen molar-refractivity contribution < 1.29 is 13.2 Å². The highest BCUT2D eigenvalue weighted by atomic mass is 19.2. The largest absolute Gasteiger partial charge is 0.242 e. The molecule has 0 amide bonds. The Bertz CT molecular complexity index is 797. The van der Waals surface area contributed by atoms with Gasteiger partial charge in [0.25, 0.3) is 0 Å². The van der Waals surface area contributed by atoms with Crippen molar-refractivity contribution in [2.45, 2.75) is 27.3 Å². The first-order valence-corrected chi connectivity index (χ1v) is 6.98. The van der Waals surface area contributed by atoms with Gasteiger partial charge in [-0.25, -0.2) is 22.8 Å². The van der Waals surface area contributed by atoms with E-state index in [4.69, 9.17) is 0 Å². The fraction of sp³-hybridized carbons (Fsp3) is 0.250. The zero-order valence-electron chi connectivity index (χ0n) is 12.6. The summed E-state index contributed by atoms with van der Waals surface area (Å²) >= 11 is 0. The second-order valence-electron chi connectivity index (χ2n) is 4.48. The second kappa shape index (κ2) is 6.60. The van der Waals surface area contributed by atoms with E-state index in [0.29, 0.717) is 16.7 Å². The van der Waals surface area contributed by atoms with E-state index in [1.807, 2.05) is 13.8 Å². The summed E-state index contributed by atoms with van der Waals surface area (Å²) in [5.74, 6) is -2.28. The van der Waals surface area contributed by atoms with Crippen molar-refractivity contribution in [2.75, 3.05) is 0 Å². The summed E-state index contributed by atoms with van der Waals surface area (Å²) in [4.78, 5) is 3.96. The molecule has 0 atom stereocenters. The summed E-state index contributed by atoms with van der Waals surface area (Å²) in [6, 6.07) is 5.28. The highest BCUT2D eigenvalue weighted by Gasteiger charge is 2.13. The molecule has 0 fully saturated rings. The monoisotopic (exact) mass is 307 g/mol. The van der Waals surface area contributed by atoms with Crippen LogP contribution in [0.2, 0.25) is 0 Å². The van der Waals surface area contributed by atoms with Gasteiger partial charge in [0.05, 0.1) is 18.4 Å². The Kier molecular flexibility index (Phi) is 4.80. The molecule has 0 saturated carbocycles. The van der Waals surface area contributed by atoms with E-state index < -0.39 is 17.5 Å². The first kappa shape index (κ1) is 16.0. The Morgan fingerprint density at radius 2 is 1.86 bits per heavy atom. The van der Waals surface area contributed by atoms with Crippen molar-refractivity contribution in [1.82, 2.24) is 14.8 Å². The molecule has 3 rings (SSSR count). The average molecular weight is 307 g/mol. The molecule has 1 aromatic carbocycles. The topological polar surface area (TPSA) is 30.7 Å². The molecule has 3 aromatic rings. The molecule has 0 aliphatic carbocycles. The highest BCUT2D eigenvalue weighted by Crippen LogP contribution is 2.19. The van der Waals surface area contributed by atoms with Crippen molar-refractivity contribution in [3.05, 3.63) is 59.2 Å². The number of aromatic nitrogens is 3. The molecule has 0 N–H and O–H groups in total. The SMILES string of the molecule is CC.Cc1nn(Cc2cccc(F)c2F)c2ncc(F)cc12. The number of fused-ring (bicyclic) bond motifs is 1. The maximum Gasteiger partial charge on any atom is 0.163 e. The zero-order chi connectivity index (χ0) is 16.3. The molecule has 2 heterocycles. The third kappa shape index (κ3) is 2.95. The van der Waals surface area contributed by atoms with Crippen LogP contribution in [0.15, 0.2) is 30.5 Å². The zero-order valence-corrected chi connectivity index (χ0v) is 12.6. The van der Waals surface area contributed by atoms with Crippen LogP contribution in [-0.2, 0) is 6.54 Å². The molecule has 0 spiro atoms. The van der Waals surface area contributed by atoms with Crippen LogP contribution in [0.4, 0.5) is 13.2 Å². The van der Waals surface area contributed by atoms with E-state index in [1.54, 1.807) is 6.92 Å². The normalized spacial score (nSPS) is 10.5. The van der Waals surface area contributed by atoms with Crippen LogP contribution < -0.4 is 0 Å². The lowest BCUT2D eigenvalue weighted by Crippen LogP contribution is -2.05. The van der Waals surface area contributed by atoms with E-state index in [0.717, 1.165) is 12.3 Å². The molecule has 0 unspecified atom stereocenters. The number of halogens is 3. The van der Waals surface area contributed by atoms with Gasteiger partial charge in [-0.2, -0.15) is 5.10 Å². The van der Waals surface area contributed by atoms with Gasteiger partial charge >= 0.3 is 0 Å². The van der Waals surface area contributed by atoms with Gasteiger partial charge in [0.15, 0.2) is 17.3 Å². The van der Waals surface area contributed by atoms with Crippen LogP contribution >= 0.6 is 0 Å². The molecule has 0 aliphatic rings. The molecular weight excluding hydrogens is 291 g/mol. The van der Waals surface area contributed by atoms with E-state index in [2.05, 4.69) is 10.1 Å². The molecule has 0 radical (unpaired) electrons. The van der Waals surface area contributed by atoms with Gasteiger partial charge in [0, 0.05) is 10.9 Å². The summed E-state index contributed by atoms with van der Waals surface area (Å²) in [7, 11) is 0. The molecule has 116 valence electrons. The van der Waals surface area contributed by atoms with Crippen molar-refractivity contribution in [2.24, 2.45) is 0 Å². The minimum atomic E-state index is -0.908. The third-order valence-electron chi connectivity index (χ3n) is 3.09. The van der Waals surface area contributed by atoms with Gasteiger partial charge in [-0.1, -0.05) is 26.0 Å². The number of hydrogen-bond donors (Lipinski definition) is 0. The quantitative estimate of drug-likeness (QED) is 0.709. The number of benzene rings is 1. The fourth-order valence-electron chi connectivity index (χ4n) is 2.13. The molecule has 2 aromatic heterocycles. The van der Waals surface area contributed by atoms with E-state index >= 15 is 0 Å². The lowest BCUT2D eigenvalue weighted by atomic mass is 10.2. The molecular formula is C16H16F3N3. The number of rotatable bonds is 2. The molecule has 0 aliphatic heterocycles. The van der Waals surface area contributed by atoms with Gasteiger partial charge in [0.1, 0.15) is 5.82 Å². The van der Waals surface area contributed by atoms with Gasteiger partial charge in [-0.15, -0.1) is 0 Å². The van der Waals surface area contributed by atoms with Crippen LogP contribution in [0, 0.1) is 24.4 Å². The number of aryl methyl sites for hydroxylation is 1. The first-order valence-electron chi connectivity index (χ1n) is 6.98. The molecule has 6 heteroatoms. The van der Waals surface area contributed by atoms with E-state index in [-0.39, 0.29) is 12.1 Å². The first-order chi connectivity index (χ1) is 10.6. The molecule has 22 heavy (non-hydrogen) atoms. The van der Waals surface area contributed by atoms with Gasteiger partial charge < -0.3 is 0 Å². The summed E-state index contributed by atoms with van der Waals surface area (Å²) < 4.78 is 41.4. The van der Waals surface area contributed by atoms with Crippen molar-refractivity contribution in [1.29, 1.82) is 0 Å². The van der Waals surface area contributed by atoms with Gasteiger partial charge in [0.2, 0.25) is 0 Å². The predicted octanol–water partition coefficient (Wildman–Crippen LogP) is 4.23. The van der Waals surface area contributed by atoms with Crippen LogP contribution in [-0.4, -0.2) is 14.8 Å². The average Bonchev–Trinajstić information content (AvgIpc) is 2.82. The van der Waals surface area contributed by atoms with Crippen LogP contribution in [0.25, 0.3) is 11.0 Å². The van der Waals surface area contributed by atoms with Crippen molar-refractivity contribution in [3.63, 3.8) is 0 Å². The molecule has 0 saturated heterocycles. The molecule has 3 nitrogen and oxygen atoms in total. The molecule has 0 bridgehead atoms. The Hall–Kier alpha value is -2.37. The lowest BCUT2D eigenvalue weighted by Gasteiger charge is -2.05. The van der Waals surface area contributed by atoms with E-state index in [1.165, 1.54) is 22.9 Å². The number of pyridine rings is 1. The maximum absolute atomic E-state index is 13.7. The highest BCUT2D eigenvalue weighted by molar-refractivity contribution is 5.78. The summed E-state index contributed by atoms with van der Waals surface area (Å²) in [5.41, 5.74) is 1.19. The minimum absolute atomic E-state index is 0.0343. The van der Waals surface area contributed by atoms with Crippen LogP contribution in [0.3, 0.4) is 0 Å². The maximum atomic E-state index is 13.7. The van der Waals surface area contributed by atoms with Crippen LogP contribution in [0.5, 0.6) is 0 Å². The number of hydrogen-bond acceptors (Lipinski definition) is 2. The summed E-state index contributed by atoms with van der Waals surface area (Å²) in [5, 5.41) is 4.75. The van der Waals surface area contributed by atoms with Crippen molar-refractivity contribution >= 4 is 11.0 Å². The smallest absolute Gasteiger partial charge is 0.163 e. The Morgan fingerprint density at radius 3 is 2.59 bits per heavy atom. The third-order valence-corrected chi connectivity index (χ3v) is 3.09. The van der Waals surface area contributed by atoms with E-state index in [9.17, 15) is 13.2 Å². The summed E-state index contributed by atoms with van der Waals surface area (Å²) in [6.45, 7) is 5.74. The van der Waals surface area contributed by atoms with Gasteiger partial charge in [-0.05, 0) is 19.1 Å². The van der Waals surface area contributed by atoms with Gasteiger partial charge in [-0.3, -0.25) is 0 Å². The standard InChI is InChI=1S/C14H10F3N3.C2H6/c1-8-11-5-10(15)6-18-14(11)20(19-8)7-9-3-2-4-12(16)13(9)17;1-2/h2-6H,7H2,1H3;1-2H3. The van der Waals surface area contributed by atoms with Crippen molar-refractivity contribution in [3.8, 4) is 0 Å². The predicted molar refractivity (Wildman–Crippen MR) is 79.0 cm³/mol. The minimum Gasteiger partial charge on any atom is -0.242 e. The fourth-order valence-corrected chi connectivity index (χ4v) is 2.13. The summed E-state index contributed by atoms with van der Waals surface area (Å²) in [6.07, 6.45) is 1.07. The Morgan fingerprint density at radius 1 is 1.14 bits per heavy atom. The Balaban J connectivity index is 0.000000847. The number of nitrogens with zero attached hydrogens (tertiary/aromatic N) is 3. The van der Waals surface area contributed by atoms with Crippen LogP contribution in [0.1, 0.15) is 25.1 Å².